The van der Waals surface area contributed by atoms with Crippen molar-refractivity contribution < 1.29 is 23.8 Å². The van der Waals surface area contributed by atoms with Gasteiger partial charge in [0.15, 0.2) is 0 Å². The van der Waals surface area contributed by atoms with Crippen molar-refractivity contribution in [2.45, 2.75) is 12.5 Å². The van der Waals surface area contributed by atoms with Gasteiger partial charge in [-0.15, -0.1) is 0 Å². The Labute approximate surface area is 172 Å². The van der Waals surface area contributed by atoms with Crippen LogP contribution in [0.4, 0.5) is 4.39 Å². The number of nitrogens with zero attached hydrogens (tertiary/aromatic N) is 1. The summed E-state index contributed by atoms with van der Waals surface area (Å²) in [6, 6.07) is 12.0. The van der Waals surface area contributed by atoms with Crippen molar-refractivity contribution in [3.05, 3.63) is 77.2 Å². The Morgan fingerprint density at radius 2 is 1.90 bits per heavy atom. The number of aliphatic hydroxyl groups is 1. The van der Waals surface area contributed by atoms with Crippen LogP contribution in [-0.4, -0.2) is 46.9 Å². The summed E-state index contributed by atoms with van der Waals surface area (Å²) in [5.74, 6) is -2.22. The first-order chi connectivity index (χ1) is 14.5. The van der Waals surface area contributed by atoms with E-state index in [0.717, 1.165) is 10.9 Å². The fraction of sp³-hybridized carbons (Fsp3) is 0.217. The lowest BCUT2D eigenvalue weighted by Crippen LogP contribution is -2.31. The lowest BCUT2D eigenvalue weighted by molar-refractivity contribution is -0.140. The summed E-state index contributed by atoms with van der Waals surface area (Å²) < 4.78 is 18.4. The quantitative estimate of drug-likeness (QED) is 0.282. The summed E-state index contributed by atoms with van der Waals surface area (Å²) in [6.45, 7) is 0.727. The topological polar surface area (TPSA) is 82.6 Å². The molecule has 0 saturated carbocycles. The second-order valence-electron chi connectivity index (χ2n) is 7.14. The van der Waals surface area contributed by atoms with Crippen molar-refractivity contribution in [2.24, 2.45) is 0 Å². The summed E-state index contributed by atoms with van der Waals surface area (Å²) in [6.07, 6.45) is 2.29. The molecule has 1 atom stereocenters. The number of benzene rings is 2. The number of aliphatic hydroxyl groups excluding tert-OH is 1. The van der Waals surface area contributed by atoms with Crippen LogP contribution in [0.3, 0.4) is 0 Å². The van der Waals surface area contributed by atoms with Crippen LogP contribution in [-0.2, 0) is 14.3 Å². The van der Waals surface area contributed by atoms with Gasteiger partial charge in [0.2, 0.25) is 0 Å². The molecule has 3 aromatic rings. The van der Waals surface area contributed by atoms with E-state index in [9.17, 15) is 19.1 Å². The molecule has 0 aliphatic carbocycles. The van der Waals surface area contributed by atoms with Crippen molar-refractivity contribution >= 4 is 28.4 Å². The molecular weight excluding hydrogens is 387 g/mol. The highest BCUT2D eigenvalue weighted by molar-refractivity contribution is 6.46. The highest BCUT2D eigenvalue weighted by Gasteiger charge is 2.46. The largest absolute Gasteiger partial charge is 0.507 e. The molecule has 0 spiro atoms. The van der Waals surface area contributed by atoms with Crippen LogP contribution in [0.5, 0.6) is 0 Å². The van der Waals surface area contributed by atoms with E-state index in [1.54, 1.807) is 13.3 Å². The molecule has 7 heteroatoms. The molecule has 0 radical (unpaired) electrons. The monoisotopic (exact) mass is 408 g/mol. The van der Waals surface area contributed by atoms with E-state index in [0.29, 0.717) is 25.1 Å². The number of hydrogen-bond acceptors (Lipinski definition) is 4. The van der Waals surface area contributed by atoms with Gasteiger partial charge in [0.1, 0.15) is 11.6 Å². The first-order valence-corrected chi connectivity index (χ1v) is 9.62. The Morgan fingerprint density at radius 1 is 1.17 bits per heavy atom. The van der Waals surface area contributed by atoms with Gasteiger partial charge in [0.25, 0.3) is 11.7 Å². The number of fused-ring (bicyclic) bond motifs is 1. The fourth-order valence-corrected chi connectivity index (χ4v) is 3.90. The van der Waals surface area contributed by atoms with Crippen molar-refractivity contribution in [3.63, 3.8) is 0 Å². The summed E-state index contributed by atoms with van der Waals surface area (Å²) in [7, 11) is 1.57. The first kappa shape index (κ1) is 19.8. The molecule has 30 heavy (non-hydrogen) atoms. The number of nitrogens with one attached hydrogen (secondary N) is 1. The van der Waals surface area contributed by atoms with E-state index in [1.807, 2.05) is 24.3 Å². The summed E-state index contributed by atoms with van der Waals surface area (Å²) >= 11 is 0. The summed E-state index contributed by atoms with van der Waals surface area (Å²) in [4.78, 5) is 30.4. The Bertz CT molecular complexity index is 1130. The molecule has 1 aliphatic rings. The van der Waals surface area contributed by atoms with Crippen LogP contribution >= 0.6 is 0 Å². The number of H-pyrrole nitrogens is 1. The molecule has 1 fully saturated rings. The van der Waals surface area contributed by atoms with E-state index >= 15 is 0 Å². The Hall–Kier alpha value is -3.45. The van der Waals surface area contributed by atoms with Gasteiger partial charge in [-0.3, -0.25) is 9.59 Å². The molecule has 1 aromatic heterocycles. The number of likely N-dealkylation sites (tertiary alicyclic amines) is 1. The average molecular weight is 408 g/mol. The molecule has 2 heterocycles. The molecule has 0 bridgehead atoms. The molecule has 1 saturated heterocycles. The van der Waals surface area contributed by atoms with Crippen molar-refractivity contribution in [1.29, 1.82) is 0 Å². The van der Waals surface area contributed by atoms with Gasteiger partial charge in [-0.05, 0) is 36.8 Å². The van der Waals surface area contributed by atoms with Gasteiger partial charge in [0.05, 0.1) is 11.6 Å². The normalized spacial score (nSPS) is 18.5. The number of para-hydroxylation sites is 1. The lowest BCUT2D eigenvalue weighted by Gasteiger charge is -2.24. The number of ketones is 1. The number of rotatable bonds is 6. The van der Waals surface area contributed by atoms with Crippen molar-refractivity contribution in [2.75, 3.05) is 20.3 Å². The molecule has 1 aliphatic heterocycles. The predicted octanol–water partition coefficient (Wildman–Crippen LogP) is 3.77. The SMILES string of the molecule is COCCCN1C(=O)C(=O)/C(=C(/O)c2ccc(F)cc2)C1c1c[nH]c2ccccc12. The van der Waals surface area contributed by atoms with E-state index in [2.05, 4.69) is 4.98 Å². The number of methoxy groups -OCH3 is 1. The van der Waals surface area contributed by atoms with Crippen LogP contribution in [0.25, 0.3) is 16.7 Å². The zero-order chi connectivity index (χ0) is 21.3. The minimum absolute atomic E-state index is 0.00576. The Kier molecular flexibility index (Phi) is 5.37. The van der Waals surface area contributed by atoms with Gasteiger partial charge < -0.3 is 19.7 Å². The highest BCUT2D eigenvalue weighted by Crippen LogP contribution is 2.41. The van der Waals surface area contributed by atoms with Gasteiger partial charge in [-0.1, -0.05) is 18.2 Å². The third-order valence-electron chi connectivity index (χ3n) is 5.32. The molecule has 1 unspecified atom stereocenters. The zero-order valence-corrected chi connectivity index (χ0v) is 16.4. The number of aromatic amines is 1. The molecule has 2 aromatic carbocycles. The molecule has 6 nitrogen and oxygen atoms in total. The van der Waals surface area contributed by atoms with Crippen LogP contribution in [0.1, 0.15) is 23.6 Å². The van der Waals surface area contributed by atoms with Gasteiger partial charge in [0, 0.05) is 48.5 Å². The van der Waals surface area contributed by atoms with E-state index in [-0.39, 0.29) is 16.9 Å². The molecular formula is C23H21FN2O4. The number of ether oxygens (including phenoxy) is 1. The standard InChI is InChI=1S/C23H21FN2O4/c1-30-12-4-11-26-20(17-13-25-18-6-3-2-5-16(17)18)19(22(28)23(26)29)21(27)14-7-9-15(24)10-8-14/h2-3,5-10,13,20,25,27H,4,11-12H2,1H3/b21-19+. The summed E-state index contributed by atoms with van der Waals surface area (Å²) in [5.41, 5.74) is 1.84. The van der Waals surface area contributed by atoms with Crippen LogP contribution < -0.4 is 0 Å². The average Bonchev–Trinajstić information content (AvgIpc) is 3.28. The van der Waals surface area contributed by atoms with Gasteiger partial charge in [-0.25, -0.2) is 4.39 Å². The molecule has 154 valence electrons. The van der Waals surface area contributed by atoms with Crippen molar-refractivity contribution in [3.8, 4) is 0 Å². The maximum absolute atomic E-state index is 13.3. The number of amides is 1. The van der Waals surface area contributed by atoms with Crippen LogP contribution in [0, 0.1) is 5.82 Å². The third-order valence-corrected chi connectivity index (χ3v) is 5.32. The van der Waals surface area contributed by atoms with Gasteiger partial charge >= 0.3 is 0 Å². The smallest absolute Gasteiger partial charge is 0.295 e. The second kappa shape index (κ2) is 8.12. The number of hydrogen-bond donors (Lipinski definition) is 2. The van der Waals surface area contributed by atoms with Crippen LogP contribution in [0.2, 0.25) is 0 Å². The minimum Gasteiger partial charge on any atom is -0.507 e. The maximum atomic E-state index is 13.3. The molecule has 2 N–H and O–H groups in total. The predicted molar refractivity (Wildman–Crippen MR) is 110 cm³/mol. The molecule has 1 amide bonds. The van der Waals surface area contributed by atoms with Crippen LogP contribution in [0.15, 0.2) is 60.3 Å². The van der Waals surface area contributed by atoms with Gasteiger partial charge in [-0.2, -0.15) is 0 Å². The van der Waals surface area contributed by atoms with E-state index < -0.39 is 23.5 Å². The number of carbonyl (C=O) groups excluding carboxylic acids is 2. The highest BCUT2D eigenvalue weighted by atomic mass is 19.1. The zero-order valence-electron chi connectivity index (χ0n) is 16.4. The summed E-state index contributed by atoms with van der Waals surface area (Å²) in [5, 5.41) is 11.8. The van der Waals surface area contributed by atoms with Crippen molar-refractivity contribution in [1.82, 2.24) is 9.88 Å². The third kappa shape index (κ3) is 3.37. The minimum atomic E-state index is -0.761. The second-order valence-corrected chi connectivity index (χ2v) is 7.14. The number of halogens is 1. The number of Topliss-reactive ketones (excluding diaryl/α,β-unsaturated/α-hetero) is 1. The Balaban J connectivity index is 1.88. The number of carbonyl (C=O) groups is 2. The number of aromatic nitrogens is 1. The first-order valence-electron chi connectivity index (χ1n) is 9.62. The lowest BCUT2D eigenvalue weighted by atomic mass is 9.95. The fourth-order valence-electron chi connectivity index (χ4n) is 3.90. The Morgan fingerprint density at radius 3 is 2.63 bits per heavy atom. The van der Waals surface area contributed by atoms with E-state index in [4.69, 9.17) is 4.74 Å². The maximum Gasteiger partial charge on any atom is 0.295 e. The van der Waals surface area contributed by atoms with E-state index in [1.165, 1.54) is 29.2 Å². The molecule has 4 rings (SSSR count).